The van der Waals surface area contributed by atoms with Crippen LogP contribution in [0.2, 0.25) is 0 Å². The lowest BCUT2D eigenvalue weighted by Gasteiger charge is -2.15. The fourth-order valence-electron chi connectivity index (χ4n) is 11.1. The number of carbonyl (C=O) groups excluding carboxylic acids is 2. The Morgan fingerprint density at radius 3 is 0.823 bits per heavy atom. The first kappa shape index (κ1) is 76.9. The van der Waals surface area contributed by atoms with Gasteiger partial charge < -0.3 is 14.6 Å². The first-order chi connectivity index (χ1) is 39.1. The summed E-state index contributed by atoms with van der Waals surface area (Å²) in [4.78, 5) is 24.7. The Kier molecular flexibility index (Phi) is 68.2. The van der Waals surface area contributed by atoms with Crippen LogP contribution in [0.4, 0.5) is 0 Å². The molecule has 5 nitrogen and oxygen atoms in total. The molecule has 0 bridgehead atoms. The second kappa shape index (κ2) is 70.1. The third-order valence-electron chi connectivity index (χ3n) is 16.4. The van der Waals surface area contributed by atoms with Gasteiger partial charge in [-0.3, -0.25) is 9.59 Å². The van der Waals surface area contributed by atoms with Crippen LogP contribution in [0.15, 0.2) is 48.6 Å². The maximum Gasteiger partial charge on any atom is 0.306 e. The zero-order valence-corrected chi connectivity index (χ0v) is 53.4. The Morgan fingerprint density at radius 1 is 0.304 bits per heavy atom. The fraction of sp³-hybridized carbons (Fsp3) is 0.865. The lowest BCUT2D eigenvalue weighted by Crippen LogP contribution is -2.28. The fourth-order valence-corrected chi connectivity index (χ4v) is 11.1. The third kappa shape index (κ3) is 68.3. The second-order valence-corrected chi connectivity index (χ2v) is 24.3. The largest absolute Gasteiger partial charge is 0.462 e. The summed E-state index contributed by atoms with van der Waals surface area (Å²) in [7, 11) is 0. The molecule has 0 aromatic rings. The summed E-state index contributed by atoms with van der Waals surface area (Å²) >= 11 is 0. The Morgan fingerprint density at radius 2 is 0.544 bits per heavy atom. The van der Waals surface area contributed by atoms with Crippen LogP contribution in [0.1, 0.15) is 393 Å². The molecule has 1 atom stereocenters. The number of allylic oxidation sites excluding steroid dienone is 8. The third-order valence-corrected chi connectivity index (χ3v) is 16.4. The number of hydrogen-bond donors (Lipinski definition) is 1. The Labute approximate surface area is 494 Å². The molecule has 0 aromatic carbocycles. The Bertz CT molecular complexity index is 1300. The van der Waals surface area contributed by atoms with Crippen LogP contribution >= 0.6 is 0 Å². The van der Waals surface area contributed by atoms with E-state index in [0.717, 1.165) is 57.8 Å². The van der Waals surface area contributed by atoms with Gasteiger partial charge in [0.1, 0.15) is 6.61 Å². The highest BCUT2D eigenvalue weighted by Gasteiger charge is 2.16. The van der Waals surface area contributed by atoms with Crippen molar-refractivity contribution in [2.45, 2.75) is 399 Å². The van der Waals surface area contributed by atoms with E-state index in [1.807, 2.05) is 0 Å². The van der Waals surface area contributed by atoms with E-state index in [4.69, 9.17) is 9.47 Å². The smallest absolute Gasteiger partial charge is 0.306 e. The van der Waals surface area contributed by atoms with Gasteiger partial charge in [0.2, 0.25) is 0 Å². The summed E-state index contributed by atoms with van der Waals surface area (Å²) in [6.07, 6.45) is 94.5. The van der Waals surface area contributed by atoms with Gasteiger partial charge in [0.25, 0.3) is 0 Å². The van der Waals surface area contributed by atoms with Crippen LogP contribution in [-0.2, 0) is 19.1 Å². The van der Waals surface area contributed by atoms with Crippen molar-refractivity contribution < 1.29 is 24.2 Å². The monoisotopic (exact) mass is 1110 g/mol. The number of carbonyl (C=O) groups is 2. The van der Waals surface area contributed by atoms with Crippen LogP contribution in [0, 0.1) is 0 Å². The van der Waals surface area contributed by atoms with Gasteiger partial charge in [-0.25, -0.2) is 0 Å². The van der Waals surface area contributed by atoms with Gasteiger partial charge in [-0.15, -0.1) is 0 Å². The zero-order valence-electron chi connectivity index (χ0n) is 53.4. The molecular weight excluding hydrogens is 969 g/mol. The van der Waals surface area contributed by atoms with Gasteiger partial charge >= 0.3 is 11.9 Å². The van der Waals surface area contributed by atoms with E-state index >= 15 is 0 Å². The van der Waals surface area contributed by atoms with Gasteiger partial charge in [0, 0.05) is 12.8 Å². The molecule has 5 heteroatoms. The maximum absolute atomic E-state index is 12.4. The van der Waals surface area contributed by atoms with E-state index in [1.54, 1.807) is 0 Å². The Balaban J connectivity index is 3.38. The molecule has 0 saturated heterocycles. The van der Waals surface area contributed by atoms with Crippen molar-refractivity contribution in [3.05, 3.63) is 48.6 Å². The van der Waals surface area contributed by atoms with Crippen molar-refractivity contribution in [2.24, 2.45) is 0 Å². The molecule has 0 amide bonds. The predicted octanol–water partition coefficient (Wildman–Crippen LogP) is 24.7. The number of ether oxygens (including phenoxy) is 2. The molecule has 0 heterocycles. The predicted molar refractivity (Wildman–Crippen MR) is 348 cm³/mol. The van der Waals surface area contributed by atoms with Gasteiger partial charge in [-0.1, -0.05) is 377 Å². The molecule has 0 saturated carbocycles. The standard InChI is InChI=1S/C74H138O5/c1-3-5-7-9-11-13-15-17-19-21-23-25-27-29-31-33-35-36-37-39-40-42-44-46-48-50-52-54-56-58-60-62-64-66-68-73(76)78-71-72(70-75)79-74(77)69-67-65-63-61-59-57-55-53-51-49-47-45-43-41-38-34-32-30-28-26-24-22-20-18-16-14-12-10-8-6-4-2/h6,8,12,14,18,20,24,26,72,75H,3-5,7,9-11,13,15-17,19,21-23,25,27-71H2,1-2H3/b8-6-,14-12-,20-18-,26-24-. The number of aliphatic hydroxyl groups is 1. The minimum Gasteiger partial charge on any atom is -0.462 e. The quantitative estimate of drug-likeness (QED) is 0.0373. The van der Waals surface area contributed by atoms with Crippen molar-refractivity contribution in [1.82, 2.24) is 0 Å². The topological polar surface area (TPSA) is 72.8 Å². The van der Waals surface area contributed by atoms with Crippen molar-refractivity contribution in [3.8, 4) is 0 Å². The molecule has 0 radical (unpaired) electrons. The van der Waals surface area contributed by atoms with Crippen molar-refractivity contribution in [3.63, 3.8) is 0 Å². The normalized spacial score (nSPS) is 12.4. The summed E-state index contributed by atoms with van der Waals surface area (Å²) in [5, 5.41) is 9.71. The first-order valence-corrected chi connectivity index (χ1v) is 35.7. The molecule has 0 spiro atoms. The van der Waals surface area contributed by atoms with Crippen LogP contribution in [-0.4, -0.2) is 36.4 Å². The molecule has 0 aliphatic carbocycles. The lowest BCUT2D eigenvalue weighted by atomic mass is 10.0. The molecule has 0 aliphatic rings. The minimum atomic E-state index is -0.771. The summed E-state index contributed by atoms with van der Waals surface area (Å²) in [5.41, 5.74) is 0. The highest BCUT2D eigenvalue weighted by molar-refractivity contribution is 5.70. The average molecular weight is 1110 g/mol. The molecule has 0 rings (SSSR count). The average Bonchev–Trinajstić information content (AvgIpc) is 3.45. The van der Waals surface area contributed by atoms with Gasteiger partial charge in [-0.2, -0.15) is 0 Å². The van der Waals surface area contributed by atoms with Gasteiger partial charge in [0.05, 0.1) is 6.61 Å². The van der Waals surface area contributed by atoms with Crippen LogP contribution < -0.4 is 0 Å². The summed E-state index contributed by atoms with van der Waals surface area (Å²) < 4.78 is 10.8. The van der Waals surface area contributed by atoms with E-state index in [9.17, 15) is 14.7 Å². The number of aliphatic hydroxyl groups excluding tert-OH is 1. The van der Waals surface area contributed by atoms with E-state index in [-0.39, 0.29) is 25.2 Å². The maximum atomic E-state index is 12.4. The number of unbranched alkanes of at least 4 members (excludes halogenated alkanes) is 51. The first-order valence-electron chi connectivity index (χ1n) is 35.7. The molecular formula is C74H138O5. The molecule has 1 unspecified atom stereocenters. The van der Waals surface area contributed by atoms with Crippen LogP contribution in [0.25, 0.3) is 0 Å². The zero-order chi connectivity index (χ0) is 56.9. The van der Waals surface area contributed by atoms with E-state index in [2.05, 4.69) is 62.5 Å². The summed E-state index contributed by atoms with van der Waals surface area (Å²) in [6.45, 7) is 4.09. The number of rotatable bonds is 67. The SMILES string of the molecule is CC/C=C\C/C=C\C/C=C\C/C=C\CCCCCCCCCCCCCCCCCCCCC(=O)OC(CO)COC(=O)CCCCCCCCCCCCCCCCCCCCCCCCCCCCCCCCCCCC. The van der Waals surface area contributed by atoms with E-state index in [0.29, 0.717) is 12.8 Å². The van der Waals surface area contributed by atoms with Crippen molar-refractivity contribution in [1.29, 1.82) is 0 Å². The van der Waals surface area contributed by atoms with Crippen LogP contribution in [0.5, 0.6) is 0 Å². The number of hydrogen-bond acceptors (Lipinski definition) is 5. The highest BCUT2D eigenvalue weighted by Crippen LogP contribution is 2.19. The molecule has 1 N–H and O–H groups in total. The Hall–Kier alpha value is -2.14. The van der Waals surface area contributed by atoms with Crippen molar-refractivity contribution in [2.75, 3.05) is 13.2 Å². The van der Waals surface area contributed by atoms with Crippen molar-refractivity contribution >= 4 is 11.9 Å². The van der Waals surface area contributed by atoms with Crippen LogP contribution in [0.3, 0.4) is 0 Å². The summed E-state index contributed by atoms with van der Waals surface area (Å²) in [5.74, 6) is -0.567. The number of esters is 2. The molecule has 79 heavy (non-hydrogen) atoms. The minimum absolute atomic E-state index is 0.0598. The van der Waals surface area contributed by atoms with E-state index in [1.165, 1.54) is 308 Å². The van der Waals surface area contributed by atoms with Gasteiger partial charge in [0.15, 0.2) is 6.10 Å². The molecule has 0 aliphatic heterocycles. The molecule has 0 fully saturated rings. The second-order valence-electron chi connectivity index (χ2n) is 24.3. The highest BCUT2D eigenvalue weighted by atomic mass is 16.6. The molecule has 0 aromatic heterocycles. The lowest BCUT2D eigenvalue weighted by molar-refractivity contribution is -0.161. The molecule has 464 valence electrons. The van der Waals surface area contributed by atoms with E-state index < -0.39 is 6.10 Å². The summed E-state index contributed by atoms with van der Waals surface area (Å²) in [6, 6.07) is 0. The van der Waals surface area contributed by atoms with Gasteiger partial charge in [-0.05, 0) is 51.4 Å².